The average Bonchev–Trinajstić information content (AvgIpc) is 2.96. The minimum atomic E-state index is -4.43. The van der Waals surface area contributed by atoms with Gasteiger partial charge in [0.1, 0.15) is 10.8 Å². The minimum absolute atomic E-state index is 0.205. The van der Waals surface area contributed by atoms with Crippen molar-refractivity contribution in [1.29, 1.82) is 0 Å². The van der Waals surface area contributed by atoms with Crippen molar-refractivity contribution in [2.24, 2.45) is 0 Å². The first-order valence-electron chi connectivity index (χ1n) is 13.0. The third-order valence-electron chi connectivity index (χ3n) is 6.71. The molecule has 0 aliphatic heterocycles. The van der Waals surface area contributed by atoms with Crippen LogP contribution in [0.25, 0.3) is 65.2 Å². The van der Waals surface area contributed by atoms with Gasteiger partial charge in [-0.3, -0.25) is 23.4 Å². The van der Waals surface area contributed by atoms with Gasteiger partial charge in [0.05, 0.1) is 0 Å². The molecule has 0 saturated carbocycles. The molecule has 0 aliphatic rings. The lowest BCUT2D eigenvalue weighted by atomic mass is 9.99. The number of rotatable bonds is 0. The van der Waals surface area contributed by atoms with Crippen LogP contribution in [0.4, 0.5) is 0 Å². The maximum absolute atomic E-state index is 13.4. The second-order valence-corrected chi connectivity index (χ2v) is 15.5. The van der Waals surface area contributed by atoms with Crippen molar-refractivity contribution in [3.05, 3.63) is 114 Å². The number of H-pyrrole nitrogens is 2. The Morgan fingerprint density at radius 1 is 0.595 bits per heavy atom. The van der Waals surface area contributed by atoms with E-state index in [0.29, 0.717) is 65.2 Å². The fourth-order valence-electron chi connectivity index (χ4n) is 5.11. The van der Waals surface area contributed by atoms with Gasteiger partial charge in [-0.25, -0.2) is 0 Å². The second-order valence-electron chi connectivity index (χ2n) is 9.75. The number of benzene rings is 6. The summed E-state index contributed by atoms with van der Waals surface area (Å²) in [5.41, 5.74) is 1.18. The van der Waals surface area contributed by atoms with E-state index in [9.17, 15) is 27.9 Å². The van der Waals surface area contributed by atoms with Crippen molar-refractivity contribution in [3.8, 4) is 0 Å². The van der Waals surface area contributed by atoms with Gasteiger partial charge in [-0.2, -0.15) is 9.97 Å². The van der Waals surface area contributed by atoms with Crippen LogP contribution in [0.15, 0.2) is 92.0 Å². The Morgan fingerprint density at radius 2 is 0.881 bits per heavy atom. The summed E-state index contributed by atoms with van der Waals surface area (Å²) in [6.07, 6.45) is 0.724. The van der Waals surface area contributed by atoms with E-state index >= 15 is 0 Å². The van der Waals surface area contributed by atoms with Gasteiger partial charge in [0.2, 0.25) is 10.9 Å². The number of aromatic amines is 2. The van der Waals surface area contributed by atoms with Crippen molar-refractivity contribution in [3.63, 3.8) is 0 Å². The van der Waals surface area contributed by atoms with Crippen LogP contribution in [0.3, 0.4) is 0 Å². The Labute approximate surface area is 239 Å². The molecule has 42 heavy (non-hydrogen) atoms. The molecule has 1 unspecified atom stereocenters. The van der Waals surface area contributed by atoms with Crippen molar-refractivity contribution < 1.29 is 23.3 Å². The highest BCUT2D eigenvalue weighted by atomic mass is 32.8. The third-order valence-corrected chi connectivity index (χ3v) is 6.71. The van der Waals surface area contributed by atoms with E-state index in [0.717, 1.165) is 6.26 Å². The smallest absolute Gasteiger partial charge is 0.288 e. The van der Waals surface area contributed by atoms with Crippen molar-refractivity contribution in [2.45, 2.75) is 13.8 Å². The van der Waals surface area contributed by atoms with Crippen LogP contribution < -0.4 is 31.7 Å². The first-order chi connectivity index (χ1) is 19.8. The normalized spacial score (nSPS) is 12.6. The van der Waals surface area contributed by atoms with Gasteiger partial charge < -0.3 is 9.11 Å². The molecule has 212 valence electrons. The summed E-state index contributed by atoms with van der Waals surface area (Å²) in [7, 11) is -3.11. The zero-order valence-corrected chi connectivity index (χ0v) is 24.8. The standard InChI is InChI=1S/C28H12N2O4.C2H6.CH7O3PS/c31-25-13-5-1-3-7-15(13)27(33)21-17(25)9-11-19-23(21)29-20-12-10-18-22(24(20)30-19)28(34)16-8-4-2-6-14(16)26(18)32;1-2;1-6(2,3,4)5/h1-12H;1-2H3;5H2,1H3,(H2,2,3,4)/p+1. The molecule has 0 spiro atoms. The van der Waals surface area contributed by atoms with Gasteiger partial charge in [0, 0.05) is 50.7 Å². The van der Waals surface area contributed by atoms with Gasteiger partial charge in [0.25, 0.3) is 22.1 Å². The van der Waals surface area contributed by atoms with Crippen LogP contribution in [-0.4, -0.2) is 19.6 Å². The fraction of sp³-hybridized carbons (Fsp3) is 0.0968. The SMILES string of the molecule is CC.CS(=O)([O-])(O)P.O=c1c2ccccc2c(=O)c2c1ccc1[nH+]c3c(ccc4c(=O)c5ccccc5c(=O)c43)[nH+]c12. The van der Waals surface area contributed by atoms with Crippen LogP contribution >= 0.6 is 8.44 Å². The Balaban J connectivity index is 0.000000396. The molecule has 11 heteroatoms. The van der Waals surface area contributed by atoms with Crippen LogP contribution in [0, 0.1) is 0 Å². The summed E-state index contributed by atoms with van der Waals surface area (Å²) in [5, 5.41) is 2.76. The topological polar surface area (TPSA) is 157 Å². The molecule has 0 aliphatic carbocycles. The summed E-state index contributed by atoms with van der Waals surface area (Å²) in [6, 6.07) is 20.3. The van der Waals surface area contributed by atoms with Crippen molar-refractivity contribution in [2.75, 3.05) is 6.26 Å². The minimum Gasteiger partial charge on any atom is -0.767 e. The molecule has 0 radical (unpaired) electrons. The Hall–Kier alpha value is -4.34. The Morgan fingerprint density at radius 3 is 1.19 bits per heavy atom. The maximum atomic E-state index is 13.4. The van der Waals surface area contributed by atoms with Gasteiger partial charge in [-0.1, -0.05) is 80.1 Å². The lowest BCUT2D eigenvalue weighted by molar-refractivity contribution is -0.359. The number of hydrogen-bond donors (Lipinski definition) is 1. The van der Waals surface area contributed by atoms with Gasteiger partial charge in [-0.05, 0) is 12.1 Å². The zero-order valence-electron chi connectivity index (χ0n) is 22.8. The van der Waals surface area contributed by atoms with E-state index in [2.05, 4.69) is 9.97 Å². The van der Waals surface area contributed by atoms with Crippen molar-refractivity contribution in [1.82, 2.24) is 0 Å². The van der Waals surface area contributed by atoms with E-state index in [4.69, 9.17) is 4.55 Å². The highest BCUT2D eigenvalue weighted by Crippen LogP contribution is 2.22. The van der Waals surface area contributed by atoms with E-state index in [1.54, 1.807) is 72.8 Å². The van der Waals surface area contributed by atoms with Gasteiger partial charge in [0.15, 0.2) is 10.9 Å². The molecular formula is C31H26N2O7PS+. The van der Waals surface area contributed by atoms with Crippen molar-refractivity contribution >= 4 is 82.8 Å². The Kier molecular flexibility index (Phi) is 7.07. The monoisotopic (exact) mass is 601 g/mol. The maximum Gasteiger partial charge on any atom is 0.288 e. The first kappa shape index (κ1) is 29.2. The largest absolute Gasteiger partial charge is 0.767 e. The molecule has 1 heterocycles. The number of fused-ring (bicyclic) bond motifs is 8. The van der Waals surface area contributed by atoms with Crippen LogP contribution in [0.5, 0.6) is 0 Å². The predicted molar refractivity (Wildman–Crippen MR) is 171 cm³/mol. The molecule has 6 aromatic carbocycles. The number of nitrogens with one attached hydrogen (secondary N) is 2. The zero-order chi connectivity index (χ0) is 30.6. The summed E-state index contributed by atoms with van der Waals surface area (Å²) in [6.45, 7) is 4.00. The molecule has 1 aromatic heterocycles. The predicted octanol–water partition coefficient (Wildman–Crippen LogP) is 3.41. The van der Waals surface area contributed by atoms with E-state index in [1.807, 2.05) is 13.8 Å². The summed E-state index contributed by atoms with van der Waals surface area (Å²) < 4.78 is 27.4. The average molecular weight is 602 g/mol. The molecule has 0 amide bonds. The molecule has 7 rings (SSSR count). The number of hydrogen-bond acceptors (Lipinski definition) is 6. The third kappa shape index (κ3) is 5.10. The molecule has 1 atom stereocenters. The van der Waals surface area contributed by atoms with Crippen LogP contribution in [-0.2, 0) is 9.25 Å². The second kappa shape index (κ2) is 10.2. The van der Waals surface area contributed by atoms with Crippen LogP contribution in [0.1, 0.15) is 13.8 Å². The highest BCUT2D eigenvalue weighted by molar-refractivity contribution is 8.50. The lowest BCUT2D eigenvalue weighted by Crippen LogP contribution is -2.23. The van der Waals surface area contributed by atoms with E-state index in [1.165, 1.54) is 8.44 Å². The summed E-state index contributed by atoms with van der Waals surface area (Å²) in [4.78, 5) is 59.5. The molecule has 0 saturated heterocycles. The molecule has 0 bridgehead atoms. The molecule has 3 N–H and O–H groups in total. The first-order valence-corrected chi connectivity index (χ1v) is 16.7. The van der Waals surface area contributed by atoms with Gasteiger partial charge >= 0.3 is 0 Å². The summed E-state index contributed by atoms with van der Waals surface area (Å²) in [5.74, 6) is 0. The molecule has 0 fully saturated rings. The number of aromatic nitrogens is 2. The fourth-order valence-corrected chi connectivity index (χ4v) is 5.11. The van der Waals surface area contributed by atoms with Gasteiger partial charge in [-0.15, -0.1) is 0 Å². The Bertz CT molecular complexity index is 2350. The van der Waals surface area contributed by atoms with E-state index < -0.39 is 9.25 Å². The highest BCUT2D eigenvalue weighted by Gasteiger charge is 2.25. The molecule has 7 aromatic rings. The quantitative estimate of drug-likeness (QED) is 0.159. The van der Waals surface area contributed by atoms with Crippen LogP contribution in [0.2, 0.25) is 0 Å². The van der Waals surface area contributed by atoms with E-state index in [-0.39, 0.29) is 21.7 Å². The lowest BCUT2D eigenvalue weighted by Gasteiger charge is -2.32. The summed E-state index contributed by atoms with van der Waals surface area (Å²) >= 11 is 0. The molecule has 9 nitrogen and oxygen atoms in total. The molecular weight excluding hydrogens is 575 g/mol.